The van der Waals surface area contributed by atoms with Crippen molar-refractivity contribution in [2.24, 2.45) is 0 Å². The number of likely N-dealkylation sites (tertiary alicyclic amines) is 1. The number of rotatable bonds is 10. The zero-order valence-corrected chi connectivity index (χ0v) is 25.0. The highest BCUT2D eigenvalue weighted by molar-refractivity contribution is 5.83. The Morgan fingerprint density at radius 3 is 2.35 bits per heavy atom. The Labute approximate surface area is 254 Å². The summed E-state index contributed by atoms with van der Waals surface area (Å²) < 4.78 is 18.1. The number of amides is 1. The van der Waals surface area contributed by atoms with Gasteiger partial charge in [0.05, 0.1) is 18.8 Å². The molecule has 0 radical (unpaired) electrons. The van der Waals surface area contributed by atoms with E-state index in [1.807, 2.05) is 60.7 Å². The van der Waals surface area contributed by atoms with Gasteiger partial charge in [0.25, 0.3) is 5.91 Å². The van der Waals surface area contributed by atoms with Crippen LogP contribution in [0.2, 0.25) is 0 Å². The summed E-state index contributed by atoms with van der Waals surface area (Å²) in [5.41, 5.74) is 5.89. The van der Waals surface area contributed by atoms with E-state index in [0.29, 0.717) is 6.54 Å². The molecule has 2 aliphatic rings. The second-order valence-corrected chi connectivity index (χ2v) is 11.5. The van der Waals surface area contributed by atoms with Crippen molar-refractivity contribution in [3.05, 3.63) is 95.1 Å². The van der Waals surface area contributed by atoms with Crippen LogP contribution in [0.15, 0.2) is 72.8 Å². The first-order chi connectivity index (χ1) is 20.9. The standard InChI is InChI=1S/C35H42N2O6/c1-24(41-25(2)39)34(40)36-21-30-8-4-5-9-32(30)27-14-16-29(17-15-27)35-42-31(22-37-18-6-3-7-19-37)20-33(43-35)28-12-10-26(23-38)11-13-28/h4-5,8-17,24,31,33,35,38H,3,6-7,18-23H2,1-2H3,(H,36,40)/t24-,31+,33-,35-/m0/s1. The van der Waals surface area contributed by atoms with Crippen LogP contribution in [0.3, 0.4) is 0 Å². The molecule has 0 bridgehead atoms. The number of carbonyl (C=O) groups excluding carboxylic acids is 2. The van der Waals surface area contributed by atoms with Gasteiger partial charge in [0.2, 0.25) is 0 Å². The minimum atomic E-state index is -0.852. The van der Waals surface area contributed by atoms with Crippen molar-refractivity contribution in [1.29, 1.82) is 0 Å². The summed E-state index contributed by atoms with van der Waals surface area (Å²) in [6.07, 6.45) is 3.11. The minimum Gasteiger partial charge on any atom is -0.453 e. The van der Waals surface area contributed by atoms with E-state index in [1.54, 1.807) is 6.92 Å². The van der Waals surface area contributed by atoms with Crippen LogP contribution < -0.4 is 5.32 Å². The number of esters is 1. The monoisotopic (exact) mass is 586 g/mol. The van der Waals surface area contributed by atoms with Crippen molar-refractivity contribution < 1.29 is 28.9 Å². The average Bonchev–Trinajstić information content (AvgIpc) is 3.04. The lowest BCUT2D eigenvalue weighted by molar-refractivity contribution is -0.253. The number of benzene rings is 3. The van der Waals surface area contributed by atoms with Crippen LogP contribution in [0, 0.1) is 0 Å². The maximum Gasteiger partial charge on any atom is 0.303 e. The van der Waals surface area contributed by atoms with Crippen molar-refractivity contribution in [2.45, 2.75) is 77.3 Å². The van der Waals surface area contributed by atoms with Crippen LogP contribution in [0.1, 0.15) is 74.2 Å². The first-order valence-corrected chi connectivity index (χ1v) is 15.3. The molecule has 2 heterocycles. The first-order valence-electron chi connectivity index (χ1n) is 15.3. The molecule has 228 valence electrons. The second kappa shape index (κ2) is 14.8. The molecule has 0 spiro atoms. The zero-order valence-electron chi connectivity index (χ0n) is 25.0. The molecule has 4 atom stereocenters. The topological polar surface area (TPSA) is 97.3 Å². The van der Waals surface area contributed by atoms with E-state index in [9.17, 15) is 14.7 Å². The number of ether oxygens (including phenoxy) is 3. The van der Waals surface area contributed by atoms with E-state index < -0.39 is 18.4 Å². The Morgan fingerprint density at radius 1 is 0.953 bits per heavy atom. The Kier molecular flexibility index (Phi) is 10.6. The van der Waals surface area contributed by atoms with Crippen molar-refractivity contribution in [2.75, 3.05) is 19.6 Å². The summed E-state index contributed by atoms with van der Waals surface area (Å²) >= 11 is 0. The van der Waals surface area contributed by atoms with Crippen molar-refractivity contribution in [3.8, 4) is 11.1 Å². The van der Waals surface area contributed by atoms with Gasteiger partial charge in [-0.2, -0.15) is 0 Å². The van der Waals surface area contributed by atoms with Crippen LogP contribution in [-0.2, 0) is 37.0 Å². The van der Waals surface area contributed by atoms with Gasteiger partial charge >= 0.3 is 5.97 Å². The lowest BCUT2D eigenvalue weighted by Gasteiger charge is -2.39. The molecule has 3 aromatic carbocycles. The van der Waals surface area contributed by atoms with Gasteiger partial charge in [-0.25, -0.2) is 0 Å². The van der Waals surface area contributed by atoms with Crippen LogP contribution in [0.4, 0.5) is 0 Å². The highest BCUT2D eigenvalue weighted by Gasteiger charge is 2.33. The van der Waals surface area contributed by atoms with Gasteiger partial charge in [0.15, 0.2) is 12.4 Å². The van der Waals surface area contributed by atoms with Crippen LogP contribution in [0.5, 0.6) is 0 Å². The number of aliphatic hydroxyl groups is 1. The molecule has 2 aliphatic heterocycles. The van der Waals surface area contributed by atoms with E-state index in [0.717, 1.165) is 59.4 Å². The molecule has 0 unspecified atom stereocenters. The Bertz CT molecular complexity index is 1350. The summed E-state index contributed by atoms with van der Waals surface area (Å²) in [5.74, 6) is -0.829. The number of carbonyl (C=O) groups is 2. The van der Waals surface area contributed by atoms with Gasteiger partial charge in [-0.15, -0.1) is 0 Å². The highest BCUT2D eigenvalue weighted by atomic mass is 16.7. The number of hydrogen-bond acceptors (Lipinski definition) is 7. The molecule has 2 saturated heterocycles. The molecule has 0 saturated carbocycles. The molecule has 5 rings (SSSR count). The summed E-state index contributed by atoms with van der Waals surface area (Å²) in [6.45, 7) is 6.28. The third-order valence-electron chi connectivity index (χ3n) is 8.20. The Balaban J connectivity index is 1.31. The van der Waals surface area contributed by atoms with Crippen LogP contribution in [-0.4, -0.2) is 53.7 Å². The van der Waals surface area contributed by atoms with Gasteiger partial charge in [0.1, 0.15) is 0 Å². The number of hydrogen-bond donors (Lipinski definition) is 2. The molecule has 2 fully saturated rings. The first kappa shape index (κ1) is 30.9. The number of nitrogens with zero attached hydrogens (tertiary/aromatic N) is 1. The summed E-state index contributed by atoms with van der Waals surface area (Å²) in [4.78, 5) is 26.1. The van der Waals surface area contributed by atoms with Gasteiger partial charge in [-0.3, -0.25) is 9.59 Å². The summed E-state index contributed by atoms with van der Waals surface area (Å²) in [7, 11) is 0. The fourth-order valence-electron chi connectivity index (χ4n) is 5.87. The van der Waals surface area contributed by atoms with E-state index in [1.165, 1.54) is 26.2 Å². The van der Waals surface area contributed by atoms with Crippen molar-refractivity contribution in [1.82, 2.24) is 10.2 Å². The van der Waals surface area contributed by atoms with Gasteiger partial charge in [-0.05, 0) is 60.7 Å². The normalized spacial score (nSPS) is 21.6. The van der Waals surface area contributed by atoms with E-state index in [4.69, 9.17) is 14.2 Å². The largest absolute Gasteiger partial charge is 0.453 e. The van der Waals surface area contributed by atoms with Gasteiger partial charge < -0.3 is 29.5 Å². The molecule has 0 aromatic heterocycles. The quantitative estimate of drug-likeness (QED) is 0.305. The lowest BCUT2D eigenvalue weighted by Crippen LogP contribution is -2.41. The predicted molar refractivity (Wildman–Crippen MR) is 164 cm³/mol. The predicted octanol–water partition coefficient (Wildman–Crippen LogP) is 5.45. The Morgan fingerprint density at radius 2 is 1.65 bits per heavy atom. The minimum absolute atomic E-state index is 0.0182. The number of aliphatic hydroxyl groups excluding tert-OH is 1. The van der Waals surface area contributed by atoms with E-state index >= 15 is 0 Å². The maximum absolute atomic E-state index is 12.4. The zero-order chi connectivity index (χ0) is 30.2. The molecular weight excluding hydrogens is 544 g/mol. The molecule has 0 aliphatic carbocycles. The third kappa shape index (κ3) is 8.30. The fraction of sp³-hybridized carbons (Fsp3) is 0.429. The van der Waals surface area contributed by atoms with Crippen molar-refractivity contribution >= 4 is 11.9 Å². The molecule has 8 heteroatoms. The van der Waals surface area contributed by atoms with Crippen LogP contribution >= 0.6 is 0 Å². The Hall–Kier alpha value is -3.56. The number of nitrogens with one attached hydrogen (secondary N) is 1. The summed E-state index contributed by atoms with van der Waals surface area (Å²) in [6, 6.07) is 24.1. The van der Waals surface area contributed by atoms with Gasteiger partial charge in [0, 0.05) is 32.0 Å². The molecule has 8 nitrogen and oxygen atoms in total. The van der Waals surface area contributed by atoms with Gasteiger partial charge in [-0.1, -0.05) is 79.2 Å². The van der Waals surface area contributed by atoms with E-state index in [-0.39, 0.29) is 24.7 Å². The molecule has 3 aromatic rings. The van der Waals surface area contributed by atoms with Crippen molar-refractivity contribution in [3.63, 3.8) is 0 Å². The van der Waals surface area contributed by atoms with E-state index in [2.05, 4.69) is 22.3 Å². The SMILES string of the molecule is CC(=O)O[C@@H](C)C(=O)NCc1ccccc1-c1ccc([C@H]2O[C@@H](CN3CCCCC3)C[C@@H](c3ccc(CO)cc3)O2)cc1. The molecule has 43 heavy (non-hydrogen) atoms. The lowest BCUT2D eigenvalue weighted by atomic mass is 9.97. The second-order valence-electron chi connectivity index (χ2n) is 11.5. The average molecular weight is 587 g/mol. The number of piperidine rings is 1. The fourth-order valence-corrected chi connectivity index (χ4v) is 5.87. The summed E-state index contributed by atoms with van der Waals surface area (Å²) in [5, 5.41) is 12.4. The molecular formula is C35H42N2O6. The molecule has 1 amide bonds. The maximum atomic E-state index is 12.4. The van der Waals surface area contributed by atoms with Crippen LogP contribution in [0.25, 0.3) is 11.1 Å². The highest BCUT2D eigenvalue weighted by Crippen LogP contribution is 2.39. The molecule has 2 N–H and O–H groups in total. The smallest absolute Gasteiger partial charge is 0.303 e. The third-order valence-corrected chi connectivity index (χ3v) is 8.20.